The third-order valence-corrected chi connectivity index (χ3v) is 3.92. The van der Waals surface area contributed by atoms with Crippen LogP contribution in [0.4, 0.5) is 0 Å². The molecular weight excluding hydrogens is 305 g/mol. The van der Waals surface area contributed by atoms with Crippen molar-refractivity contribution in [3.8, 4) is 11.1 Å². The van der Waals surface area contributed by atoms with E-state index in [-0.39, 0.29) is 0 Å². The van der Waals surface area contributed by atoms with Crippen molar-refractivity contribution in [2.75, 3.05) is 0 Å². The quantitative estimate of drug-likeness (QED) is 0.470. The van der Waals surface area contributed by atoms with Gasteiger partial charge in [0.1, 0.15) is 10.3 Å². The van der Waals surface area contributed by atoms with Crippen molar-refractivity contribution in [2.24, 2.45) is 0 Å². The van der Waals surface area contributed by atoms with Gasteiger partial charge in [-0.2, -0.15) is 5.10 Å². The van der Waals surface area contributed by atoms with Crippen molar-refractivity contribution in [2.45, 2.75) is 0 Å². The van der Waals surface area contributed by atoms with Gasteiger partial charge >= 0.3 is 0 Å². The number of fused-ring (bicyclic) bond motifs is 2. The molecular formula is C16H9Cl2N3. The van der Waals surface area contributed by atoms with E-state index in [9.17, 15) is 0 Å². The summed E-state index contributed by atoms with van der Waals surface area (Å²) in [7, 11) is 0. The molecule has 4 aromatic rings. The second kappa shape index (κ2) is 4.72. The minimum Gasteiger partial charge on any atom is -0.216 e. The van der Waals surface area contributed by atoms with Crippen molar-refractivity contribution < 1.29 is 0 Å². The molecule has 4 rings (SSSR count). The minimum absolute atomic E-state index is 0.357. The second-order valence-corrected chi connectivity index (χ2v) is 5.53. The highest BCUT2D eigenvalue weighted by Crippen LogP contribution is 2.29. The maximum absolute atomic E-state index is 6.13. The van der Waals surface area contributed by atoms with Gasteiger partial charge in [0, 0.05) is 11.6 Å². The first kappa shape index (κ1) is 12.6. The summed E-state index contributed by atoms with van der Waals surface area (Å²) in [5, 5.41) is 7.44. The molecule has 3 nitrogen and oxygen atoms in total. The molecule has 0 amide bonds. The summed E-state index contributed by atoms with van der Waals surface area (Å²) in [5.74, 6) is 0. The van der Waals surface area contributed by atoms with E-state index in [1.165, 1.54) is 10.8 Å². The summed E-state index contributed by atoms with van der Waals surface area (Å²) in [6.07, 6.45) is 1.76. The van der Waals surface area contributed by atoms with Crippen LogP contribution in [-0.4, -0.2) is 14.6 Å². The van der Waals surface area contributed by atoms with Gasteiger partial charge in [-0.1, -0.05) is 59.6 Å². The average molecular weight is 314 g/mol. The number of rotatable bonds is 1. The van der Waals surface area contributed by atoms with Gasteiger partial charge in [-0.05, 0) is 22.4 Å². The van der Waals surface area contributed by atoms with Crippen LogP contribution in [-0.2, 0) is 0 Å². The van der Waals surface area contributed by atoms with Crippen molar-refractivity contribution in [3.63, 3.8) is 0 Å². The molecule has 0 saturated heterocycles. The van der Waals surface area contributed by atoms with Crippen molar-refractivity contribution in [1.29, 1.82) is 0 Å². The number of hydrogen-bond acceptors (Lipinski definition) is 2. The summed E-state index contributed by atoms with van der Waals surface area (Å²) in [6.45, 7) is 0. The predicted molar refractivity (Wildman–Crippen MR) is 85.9 cm³/mol. The second-order valence-electron chi connectivity index (χ2n) is 4.76. The van der Waals surface area contributed by atoms with Crippen LogP contribution in [0.3, 0.4) is 0 Å². The molecule has 0 aliphatic heterocycles. The normalized spacial score (nSPS) is 11.3. The summed E-state index contributed by atoms with van der Waals surface area (Å²) in [4.78, 5) is 4.33. The van der Waals surface area contributed by atoms with Gasteiger partial charge < -0.3 is 0 Å². The maximum Gasteiger partial charge on any atom is 0.166 e. The van der Waals surface area contributed by atoms with Gasteiger partial charge in [-0.15, -0.1) is 0 Å². The zero-order chi connectivity index (χ0) is 14.4. The molecule has 0 unspecified atom stereocenters. The zero-order valence-corrected chi connectivity index (χ0v) is 12.3. The third-order valence-electron chi connectivity index (χ3n) is 3.46. The van der Waals surface area contributed by atoms with Crippen LogP contribution in [0.5, 0.6) is 0 Å². The van der Waals surface area contributed by atoms with E-state index >= 15 is 0 Å². The lowest BCUT2D eigenvalue weighted by Crippen LogP contribution is -1.92. The lowest BCUT2D eigenvalue weighted by Gasteiger charge is -2.03. The molecule has 0 aliphatic carbocycles. The standard InChI is InChI=1S/C16H9Cl2N3/c17-14-8-15(18)21-16(20-14)13(9-19-21)12-6-5-10-3-1-2-4-11(10)7-12/h1-9H. The Kier molecular flexibility index (Phi) is 2.84. The van der Waals surface area contributed by atoms with Gasteiger partial charge in [0.2, 0.25) is 0 Å². The first-order chi connectivity index (χ1) is 10.2. The molecule has 0 N–H and O–H groups in total. The summed E-state index contributed by atoms with van der Waals surface area (Å²) in [6, 6.07) is 16.0. The lowest BCUT2D eigenvalue weighted by molar-refractivity contribution is 0.940. The molecule has 0 fully saturated rings. The Morgan fingerprint density at radius 3 is 2.57 bits per heavy atom. The molecule has 0 radical (unpaired) electrons. The topological polar surface area (TPSA) is 30.2 Å². The number of hydrogen-bond donors (Lipinski definition) is 0. The number of nitrogens with zero attached hydrogens (tertiary/aromatic N) is 3. The number of benzene rings is 2. The molecule has 5 heteroatoms. The Hall–Kier alpha value is -2.10. The lowest BCUT2D eigenvalue weighted by atomic mass is 10.0. The Labute approximate surface area is 130 Å². The van der Waals surface area contributed by atoms with E-state index in [0.29, 0.717) is 16.0 Å². The van der Waals surface area contributed by atoms with Crippen LogP contribution in [0.25, 0.3) is 27.5 Å². The van der Waals surface area contributed by atoms with Crippen LogP contribution in [0.2, 0.25) is 10.3 Å². The van der Waals surface area contributed by atoms with E-state index in [2.05, 4.69) is 40.4 Å². The van der Waals surface area contributed by atoms with Crippen LogP contribution in [0, 0.1) is 0 Å². The largest absolute Gasteiger partial charge is 0.216 e. The van der Waals surface area contributed by atoms with Gasteiger partial charge in [-0.25, -0.2) is 9.50 Å². The Morgan fingerprint density at radius 1 is 0.905 bits per heavy atom. The highest BCUT2D eigenvalue weighted by molar-refractivity contribution is 6.33. The summed E-state index contributed by atoms with van der Waals surface area (Å²) < 4.78 is 1.58. The van der Waals surface area contributed by atoms with Crippen LogP contribution in [0.1, 0.15) is 0 Å². The van der Waals surface area contributed by atoms with E-state index in [4.69, 9.17) is 23.2 Å². The van der Waals surface area contributed by atoms with Crippen LogP contribution < -0.4 is 0 Å². The van der Waals surface area contributed by atoms with Crippen molar-refractivity contribution >= 4 is 39.6 Å². The first-order valence-electron chi connectivity index (χ1n) is 6.41. The number of aromatic nitrogens is 3. The molecule has 2 heterocycles. The molecule has 21 heavy (non-hydrogen) atoms. The average Bonchev–Trinajstić information content (AvgIpc) is 2.91. The molecule has 2 aromatic heterocycles. The molecule has 102 valence electrons. The van der Waals surface area contributed by atoms with Gasteiger partial charge in [0.05, 0.1) is 6.20 Å². The fourth-order valence-corrected chi connectivity index (χ4v) is 2.93. The summed E-state index contributed by atoms with van der Waals surface area (Å²) >= 11 is 12.1. The Morgan fingerprint density at radius 2 is 1.71 bits per heavy atom. The van der Waals surface area contributed by atoms with Gasteiger partial charge in [-0.3, -0.25) is 0 Å². The Bertz CT molecular complexity index is 976. The summed E-state index contributed by atoms with van der Waals surface area (Å²) in [5.41, 5.74) is 2.60. The van der Waals surface area contributed by atoms with E-state index in [0.717, 1.165) is 11.1 Å². The SMILES string of the molecule is Clc1cc(Cl)n2ncc(-c3ccc4ccccc4c3)c2n1. The minimum atomic E-state index is 0.357. The van der Waals surface area contributed by atoms with Crippen LogP contribution >= 0.6 is 23.2 Å². The molecule has 2 aromatic carbocycles. The molecule has 0 bridgehead atoms. The smallest absolute Gasteiger partial charge is 0.166 e. The molecule has 0 atom stereocenters. The fraction of sp³-hybridized carbons (Fsp3) is 0. The van der Waals surface area contributed by atoms with Crippen LogP contribution in [0.15, 0.2) is 54.7 Å². The number of halogens is 2. The van der Waals surface area contributed by atoms with E-state index in [1.54, 1.807) is 16.8 Å². The third kappa shape index (κ3) is 2.06. The highest BCUT2D eigenvalue weighted by Gasteiger charge is 2.11. The zero-order valence-electron chi connectivity index (χ0n) is 10.8. The highest BCUT2D eigenvalue weighted by atomic mass is 35.5. The molecule has 0 saturated carbocycles. The van der Waals surface area contributed by atoms with Gasteiger partial charge in [0.15, 0.2) is 5.65 Å². The fourth-order valence-electron chi connectivity index (χ4n) is 2.46. The maximum atomic E-state index is 6.13. The first-order valence-corrected chi connectivity index (χ1v) is 7.17. The monoisotopic (exact) mass is 313 g/mol. The van der Waals surface area contributed by atoms with E-state index < -0.39 is 0 Å². The van der Waals surface area contributed by atoms with Crippen molar-refractivity contribution in [3.05, 3.63) is 65.0 Å². The Balaban J connectivity index is 2.00. The molecule has 0 aliphatic rings. The van der Waals surface area contributed by atoms with Crippen molar-refractivity contribution in [1.82, 2.24) is 14.6 Å². The predicted octanol–water partition coefficient (Wildman–Crippen LogP) is 4.86. The van der Waals surface area contributed by atoms with E-state index in [1.807, 2.05) is 12.1 Å². The van der Waals surface area contributed by atoms with Gasteiger partial charge in [0.25, 0.3) is 0 Å². The molecule has 0 spiro atoms.